The summed E-state index contributed by atoms with van der Waals surface area (Å²) in [6.07, 6.45) is 2.30. The third kappa shape index (κ3) is 4.85. The molecule has 5 nitrogen and oxygen atoms in total. The molecule has 1 saturated carbocycles. The van der Waals surface area contributed by atoms with Crippen LogP contribution >= 0.6 is 0 Å². The van der Waals surface area contributed by atoms with E-state index in [2.05, 4.69) is 10.6 Å². The Hall–Kier alpha value is -1.91. The van der Waals surface area contributed by atoms with E-state index in [0.717, 1.165) is 0 Å². The number of carbonyl (C=O) groups excluding carboxylic acids is 1. The van der Waals surface area contributed by atoms with Gasteiger partial charge in [0, 0.05) is 6.04 Å². The predicted molar refractivity (Wildman–Crippen MR) is 81.8 cm³/mol. The predicted octanol–water partition coefficient (Wildman–Crippen LogP) is 2.56. The number of urea groups is 1. The summed E-state index contributed by atoms with van der Waals surface area (Å²) in [6.45, 7) is 4.41. The first-order chi connectivity index (χ1) is 10.1. The highest BCUT2D eigenvalue weighted by Crippen LogP contribution is 2.32. The SMILES string of the molecule is COc1ccccc1O[C@H](C)CNC(=O)N[C@@H](C)C1CC1. The molecule has 116 valence electrons. The molecule has 0 saturated heterocycles. The fourth-order valence-electron chi connectivity index (χ4n) is 2.18. The van der Waals surface area contributed by atoms with Crippen LogP contribution < -0.4 is 20.1 Å². The summed E-state index contributed by atoms with van der Waals surface area (Å²) in [6, 6.07) is 7.59. The number of para-hydroxylation sites is 2. The van der Waals surface area contributed by atoms with E-state index in [9.17, 15) is 4.79 Å². The smallest absolute Gasteiger partial charge is 0.315 e. The van der Waals surface area contributed by atoms with E-state index >= 15 is 0 Å². The summed E-state index contributed by atoms with van der Waals surface area (Å²) in [5, 5.41) is 5.79. The molecule has 1 aliphatic carbocycles. The molecule has 2 N–H and O–H groups in total. The number of carbonyl (C=O) groups is 1. The molecule has 0 bridgehead atoms. The molecule has 0 unspecified atom stereocenters. The molecule has 2 rings (SSSR count). The van der Waals surface area contributed by atoms with Crippen LogP contribution in [0.25, 0.3) is 0 Å². The Morgan fingerprint density at radius 3 is 2.57 bits per heavy atom. The van der Waals surface area contributed by atoms with Crippen LogP contribution in [0.4, 0.5) is 4.79 Å². The van der Waals surface area contributed by atoms with E-state index in [1.165, 1.54) is 12.8 Å². The number of rotatable bonds is 7. The van der Waals surface area contributed by atoms with Gasteiger partial charge in [-0.25, -0.2) is 4.79 Å². The molecule has 21 heavy (non-hydrogen) atoms. The van der Waals surface area contributed by atoms with E-state index in [1.807, 2.05) is 38.1 Å². The standard InChI is InChI=1S/C16H24N2O3/c1-11(21-15-7-5-4-6-14(15)20-3)10-17-16(19)18-12(2)13-8-9-13/h4-7,11-13H,8-10H2,1-3H3,(H2,17,18,19)/t11-,12+/m1/s1. The first-order valence-electron chi connectivity index (χ1n) is 7.44. The number of benzene rings is 1. The summed E-state index contributed by atoms with van der Waals surface area (Å²) in [5.74, 6) is 2.02. The van der Waals surface area contributed by atoms with Gasteiger partial charge in [0.1, 0.15) is 6.10 Å². The van der Waals surface area contributed by atoms with Gasteiger partial charge in [-0.05, 0) is 44.7 Å². The average Bonchev–Trinajstić information content (AvgIpc) is 3.30. The molecule has 0 radical (unpaired) electrons. The van der Waals surface area contributed by atoms with Crippen molar-refractivity contribution in [3.8, 4) is 11.5 Å². The third-order valence-corrected chi connectivity index (χ3v) is 3.64. The van der Waals surface area contributed by atoms with E-state index in [4.69, 9.17) is 9.47 Å². The second kappa shape index (κ2) is 7.20. The van der Waals surface area contributed by atoms with Gasteiger partial charge in [0.05, 0.1) is 13.7 Å². The van der Waals surface area contributed by atoms with Crippen molar-refractivity contribution in [2.45, 2.75) is 38.8 Å². The van der Waals surface area contributed by atoms with Crippen LogP contribution in [0.2, 0.25) is 0 Å². The zero-order chi connectivity index (χ0) is 15.2. The Balaban J connectivity index is 1.73. The van der Waals surface area contributed by atoms with Crippen LogP contribution in [0, 0.1) is 5.92 Å². The second-order valence-corrected chi connectivity index (χ2v) is 5.56. The van der Waals surface area contributed by atoms with Gasteiger partial charge in [-0.1, -0.05) is 12.1 Å². The van der Waals surface area contributed by atoms with Crippen LogP contribution in [-0.2, 0) is 0 Å². The van der Waals surface area contributed by atoms with E-state index in [1.54, 1.807) is 7.11 Å². The highest BCUT2D eigenvalue weighted by molar-refractivity contribution is 5.74. The summed E-state index contributed by atoms with van der Waals surface area (Å²) in [7, 11) is 1.61. The molecule has 1 aromatic rings. The highest BCUT2D eigenvalue weighted by atomic mass is 16.5. The van der Waals surface area contributed by atoms with Crippen LogP contribution in [-0.4, -0.2) is 31.8 Å². The minimum atomic E-state index is -0.136. The summed E-state index contributed by atoms with van der Waals surface area (Å²) >= 11 is 0. The lowest BCUT2D eigenvalue weighted by molar-refractivity contribution is 0.200. The zero-order valence-electron chi connectivity index (χ0n) is 12.9. The van der Waals surface area contributed by atoms with Crippen LogP contribution in [0.15, 0.2) is 24.3 Å². The van der Waals surface area contributed by atoms with E-state index < -0.39 is 0 Å². The van der Waals surface area contributed by atoms with Crippen molar-refractivity contribution in [1.29, 1.82) is 0 Å². The average molecular weight is 292 g/mol. The fraction of sp³-hybridized carbons (Fsp3) is 0.562. The minimum Gasteiger partial charge on any atom is -0.493 e. The maximum absolute atomic E-state index is 11.8. The number of ether oxygens (including phenoxy) is 2. The summed E-state index contributed by atoms with van der Waals surface area (Å²) in [4.78, 5) is 11.8. The highest BCUT2D eigenvalue weighted by Gasteiger charge is 2.28. The van der Waals surface area contributed by atoms with Crippen molar-refractivity contribution in [1.82, 2.24) is 10.6 Å². The molecule has 0 aliphatic heterocycles. The molecular formula is C16H24N2O3. The van der Waals surface area contributed by atoms with Gasteiger partial charge in [-0.3, -0.25) is 0 Å². The van der Waals surface area contributed by atoms with Crippen molar-refractivity contribution in [2.24, 2.45) is 5.92 Å². The molecular weight excluding hydrogens is 268 g/mol. The third-order valence-electron chi connectivity index (χ3n) is 3.64. The minimum absolute atomic E-state index is 0.134. The van der Waals surface area contributed by atoms with Crippen molar-refractivity contribution in [3.05, 3.63) is 24.3 Å². The Morgan fingerprint density at radius 1 is 1.29 bits per heavy atom. The van der Waals surface area contributed by atoms with Crippen molar-refractivity contribution in [2.75, 3.05) is 13.7 Å². The zero-order valence-corrected chi connectivity index (χ0v) is 12.9. The monoisotopic (exact) mass is 292 g/mol. The Labute approximate surface area is 126 Å². The van der Waals surface area contributed by atoms with Gasteiger partial charge in [0.25, 0.3) is 0 Å². The van der Waals surface area contributed by atoms with Crippen molar-refractivity contribution >= 4 is 6.03 Å². The van der Waals surface area contributed by atoms with Crippen molar-refractivity contribution in [3.63, 3.8) is 0 Å². The number of methoxy groups -OCH3 is 1. The normalized spacial score (nSPS) is 16.7. The van der Waals surface area contributed by atoms with Gasteiger partial charge in [0.2, 0.25) is 0 Å². The maximum Gasteiger partial charge on any atom is 0.315 e. The Morgan fingerprint density at radius 2 is 1.95 bits per heavy atom. The number of amides is 2. The van der Waals surface area contributed by atoms with E-state index in [-0.39, 0.29) is 18.2 Å². The van der Waals surface area contributed by atoms with E-state index in [0.29, 0.717) is 24.0 Å². The lowest BCUT2D eigenvalue weighted by atomic mass is 10.2. The summed E-state index contributed by atoms with van der Waals surface area (Å²) in [5.41, 5.74) is 0. The molecule has 1 fully saturated rings. The number of nitrogens with one attached hydrogen (secondary N) is 2. The van der Waals surface area contributed by atoms with Gasteiger partial charge in [0.15, 0.2) is 11.5 Å². The molecule has 2 amide bonds. The number of hydrogen-bond acceptors (Lipinski definition) is 3. The second-order valence-electron chi connectivity index (χ2n) is 5.56. The van der Waals surface area contributed by atoms with Crippen LogP contribution in [0.5, 0.6) is 11.5 Å². The van der Waals surface area contributed by atoms with Crippen molar-refractivity contribution < 1.29 is 14.3 Å². The van der Waals surface area contributed by atoms with Crippen LogP contribution in [0.1, 0.15) is 26.7 Å². The largest absolute Gasteiger partial charge is 0.493 e. The Bertz CT molecular complexity index is 474. The van der Waals surface area contributed by atoms with Gasteiger partial charge in [-0.15, -0.1) is 0 Å². The van der Waals surface area contributed by atoms with Gasteiger partial charge < -0.3 is 20.1 Å². The Kier molecular flexibility index (Phi) is 5.31. The molecule has 1 aliphatic rings. The number of hydrogen-bond donors (Lipinski definition) is 2. The molecule has 1 aromatic carbocycles. The molecule has 0 spiro atoms. The maximum atomic E-state index is 11.8. The van der Waals surface area contributed by atoms with Crippen LogP contribution in [0.3, 0.4) is 0 Å². The van der Waals surface area contributed by atoms with Gasteiger partial charge in [-0.2, -0.15) is 0 Å². The first kappa shape index (κ1) is 15.5. The fourth-order valence-corrected chi connectivity index (χ4v) is 2.18. The lowest BCUT2D eigenvalue weighted by Gasteiger charge is -2.18. The first-order valence-corrected chi connectivity index (χ1v) is 7.44. The quantitative estimate of drug-likeness (QED) is 0.812. The topological polar surface area (TPSA) is 59.6 Å². The molecule has 0 aromatic heterocycles. The molecule has 5 heteroatoms. The lowest BCUT2D eigenvalue weighted by Crippen LogP contribution is -2.44. The van der Waals surface area contributed by atoms with Gasteiger partial charge >= 0.3 is 6.03 Å². The molecule has 2 atom stereocenters. The molecule has 0 heterocycles. The summed E-state index contributed by atoms with van der Waals surface area (Å²) < 4.78 is 11.0.